The fraction of sp³-hybridized carbons (Fsp3) is 0.304. The van der Waals surface area contributed by atoms with Crippen molar-refractivity contribution in [1.29, 1.82) is 0 Å². The first-order valence-corrected chi connectivity index (χ1v) is 10.1. The highest BCUT2D eigenvalue weighted by atomic mass is 16.6. The summed E-state index contributed by atoms with van der Waals surface area (Å²) in [5.74, 6) is 2.91. The molecule has 0 amide bonds. The quantitative estimate of drug-likeness (QED) is 0.483. The van der Waals surface area contributed by atoms with Crippen molar-refractivity contribution in [2.24, 2.45) is 4.99 Å². The number of hydrogen-bond acceptors (Lipinski definition) is 5. The lowest BCUT2D eigenvalue weighted by Gasteiger charge is -2.27. The summed E-state index contributed by atoms with van der Waals surface area (Å²) in [7, 11) is 1.74. The summed E-state index contributed by atoms with van der Waals surface area (Å²) >= 11 is 0. The van der Waals surface area contributed by atoms with Crippen LogP contribution in [0.5, 0.6) is 11.5 Å². The Morgan fingerprint density at radius 2 is 1.90 bits per heavy atom. The second-order valence-electron chi connectivity index (χ2n) is 7.14. The molecular formula is C23H26N4O3. The van der Waals surface area contributed by atoms with Crippen molar-refractivity contribution >= 4 is 5.96 Å². The third kappa shape index (κ3) is 4.92. The van der Waals surface area contributed by atoms with Gasteiger partial charge in [-0.15, -0.1) is 0 Å². The van der Waals surface area contributed by atoms with Gasteiger partial charge in [0.2, 0.25) is 5.89 Å². The van der Waals surface area contributed by atoms with Crippen LogP contribution in [-0.2, 0) is 6.42 Å². The Labute approximate surface area is 176 Å². The molecule has 0 bridgehead atoms. The molecule has 1 aliphatic rings. The molecular weight excluding hydrogens is 380 g/mol. The fourth-order valence-electron chi connectivity index (χ4n) is 3.15. The van der Waals surface area contributed by atoms with E-state index in [-0.39, 0.29) is 6.10 Å². The number of aromatic nitrogens is 1. The van der Waals surface area contributed by atoms with Crippen LogP contribution in [0.25, 0.3) is 11.5 Å². The van der Waals surface area contributed by atoms with Crippen molar-refractivity contribution in [3.05, 3.63) is 66.1 Å². The number of aryl methyl sites for hydroxylation is 1. The van der Waals surface area contributed by atoms with E-state index < -0.39 is 0 Å². The summed E-state index contributed by atoms with van der Waals surface area (Å²) in [5, 5.41) is 6.58. The predicted molar refractivity (Wildman–Crippen MR) is 116 cm³/mol. The molecule has 0 spiro atoms. The van der Waals surface area contributed by atoms with E-state index in [0.29, 0.717) is 31.5 Å². The number of hydrogen-bond donors (Lipinski definition) is 2. The van der Waals surface area contributed by atoms with Gasteiger partial charge in [-0.3, -0.25) is 4.99 Å². The molecule has 30 heavy (non-hydrogen) atoms. The third-order valence-corrected chi connectivity index (χ3v) is 4.81. The minimum Gasteiger partial charge on any atom is -0.486 e. The predicted octanol–water partition coefficient (Wildman–Crippen LogP) is 3.20. The second kappa shape index (κ2) is 9.35. The van der Waals surface area contributed by atoms with Crippen LogP contribution in [0.15, 0.2) is 64.2 Å². The highest BCUT2D eigenvalue weighted by Crippen LogP contribution is 2.30. The minimum atomic E-state index is -0.0777. The molecule has 3 aromatic rings. The second-order valence-corrected chi connectivity index (χ2v) is 7.14. The van der Waals surface area contributed by atoms with Gasteiger partial charge in [0.25, 0.3) is 0 Å². The Hall–Kier alpha value is -3.48. The number of para-hydroxylation sites is 2. The van der Waals surface area contributed by atoms with E-state index in [0.717, 1.165) is 29.2 Å². The highest BCUT2D eigenvalue weighted by molar-refractivity contribution is 5.79. The van der Waals surface area contributed by atoms with Crippen LogP contribution >= 0.6 is 0 Å². The summed E-state index contributed by atoms with van der Waals surface area (Å²) in [5.41, 5.74) is 3.09. The van der Waals surface area contributed by atoms with E-state index in [9.17, 15) is 0 Å². The lowest BCUT2D eigenvalue weighted by molar-refractivity contribution is 0.0936. The number of benzene rings is 2. The average Bonchev–Trinajstić information content (AvgIpc) is 3.25. The van der Waals surface area contributed by atoms with Gasteiger partial charge in [0.15, 0.2) is 17.5 Å². The van der Waals surface area contributed by atoms with Gasteiger partial charge >= 0.3 is 0 Å². The Morgan fingerprint density at radius 3 is 2.70 bits per heavy atom. The van der Waals surface area contributed by atoms with E-state index in [1.54, 1.807) is 13.3 Å². The first kappa shape index (κ1) is 19.8. The third-order valence-electron chi connectivity index (χ3n) is 4.81. The Morgan fingerprint density at radius 1 is 1.10 bits per heavy atom. The topological polar surface area (TPSA) is 80.9 Å². The number of fused-ring (bicyclic) bond motifs is 1. The van der Waals surface area contributed by atoms with Crippen molar-refractivity contribution in [3.63, 3.8) is 0 Å². The van der Waals surface area contributed by atoms with Crippen LogP contribution in [0.2, 0.25) is 0 Å². The molecule has 156 valence electrons. The monoisotopic (exact) mass is 406 g/mol. The molecule has 1 aromatic heterocycles. The maximum absolute atomic E-state index is 5.96. The number of nitrogens with one attached hydrogen (secondary N) is 2. The number of rotatable bonds is 6. The van der Waals surface area contributed by atoms with E-state index in [4.69, 9.17) is 13.9 Å². The molecule has 2 aromatic carbocycles. The molecule has 7 nitrogen and oxygen atoms in total. The number of guanidine groups is 1. The first-order valence-electron chi connectivity index (χ1n) is 10.1. The molecule has 1 aliphatic heterocycles. The molecule has 0 fully saturated rings. The SMILES string of the molecule is CN=C(NCCc1coc(-c2ccc(C)cc2)n1)NCC1COc2ccccc2O1. The molecule has 0 aliphatic carbocycles. The van der Waals surface area contributed by atoms with Crippen LogP contribution in [0.3, 0.4) is 0 Å². The lowest BCUT2D eigenvalue weighted by atomic mass is 10.1. The molecule has 2 N–H and O–H groups in total. The van der Waals surface area contributed by atoms with Gasteiger partial charge in [0, 0.05) is 25.6 Å². The van der Waals surface area contributed by atoms with E-state index in [2.05, 4.69) is 39.7 Å². The van der Waals surface area contributed by atoms with Crippen molar-refractivity contribution < 1.29 is 13.9 Å². The smallest absolute Gasteiger partial charge is 0.226 e. The summed E-state index contributed by atoms with van der Waals surface area (Å²) in [6.45, 7) is 3.84. The minimum absolute atomic E-state index is 0.0777. The Kier molecular flexibility index (Phi) is 6.17. The largest absolute Gasteiger partial charge is 0.486 e. The summed E-state index contributed by atoms with van der Waals surface area (Å²) in [4.78, 5) is 8.83. The molecule has 7 heteroatoms. The normalized spacial score (nSPS) is 15.7. The van der Waals surface area contributed by atoms with Gasteiger partial charge in [-0.2, -0.15) is 0 Å². The zero-order valence-electron chi connectivity index (χ0n) is 17.2. The highest BCUT2D eigenvalue weighted by Gasteiger charge is 2.20. The molecule has 0 radical (unpaired) electrons. The van der Waals surface area contributed by atoms with Crippen LogP contribution in [0, 0.1) is 6.92 Å². The van der Waals surface area contributed by atoms with Gasteiger partial charge in [0.1, 0.15) is 19.0 Å². The van der Waals surface area contributed by atoms with Crippen molar-refractivity contribution in [3.8, 4) is 23.0 Å². The first-order chi connectivity index (χ1) is 14.7. The van der Waals surface area contributed by atoms with Crippen LogP contribution < -0.4 is 20.1 Å². The molecule has 1 atom stereocenters. The number of nitrogens with zero attached hydrogens (tertiary/aromatic N) is 2. The summed E-state index contributed by atoms with van der Waals surface area (Å²) in [6.07, 6.45) is 2.36. The molecule has 0 saturated heterocycles. The fourth-order valence-corrected chi connectivity index (χ4v) is 3.15. The Bertz CT molecular complexity index is 998. The summed E-state index contributed by atoms with van der Waals surface area (Å²) < 4.78 is 17.3. The van der Waals surface area contributed by atoms with E-state index in [1.807, 2.05) is 36.4 Å². The zero-order chi connectivity index (χ0) is 20.8. The van der Waals surface area contributed by atoms with Crippen molar-refractivity contribution in [2.75, 3.05) is 26.7 Å². The van der Waals surface area contributed by atoms with E-state index >= 15 is 0 Å². The molecule has 1 unspecified atom stereocenters. The maximum atomic E-state index is 5.96. The van der Waals surface area contributed by atoms with Crippen LogP contribution in [0.4, 0.5) is 0 Å². The standard InChI is InChI=1S/C23H26N4O3/c1-16-7-9-17(10-8-16)22-27-18(14-29-22)11-12-25-23(24-2)26-13-19-15-28-20-5-3-4-6-21(20)30-19/h3-10,14,19H,11-13,15H2,1-2H3,(H2,24,25,26). The van der Waals surface area contributed by atoms with Gasteiger partial charge in [-0.05, 0) is 31.2 Å². The zero-order valence-corrected chi connectivity index (χ0v) is 17.2. The maximum Gasteiger partial charge on any atom is 0.226 e. The van der Waals surface area contributed by atoms with Crippen molar-refractivity contribution in [2.45, 2.75) is 19.4 Å². The number of ether oxygens (including phenoxy) is 2. The lowest BCUT2D eigenvalue weighted by Crippen LogP contribution is -2.45. The van der Waals surface area contributed by atoms with Crippen molar-refractivity contribution in [1.82, 2.24) is 15.6 Å². The van der Waals surface area contributed by atoms with E-state index in [1.165, 1.54) is 5.56 Å². The number of oxazole rings is 1. The molecule has 4 rings (SSSR count). The molecule has 2 heterocycles. The van der Waals surface area contributed by atoms with Gasteiger partial charge in [-0.25, -0.2) is 4.98 Å². The summed E-state index contributed by atoms with van der Waals surface area (Å²) in [6, 6.07) is 15.8. The van der Waals surface area contributed by atoms with Crippen LogP contribution in [0.1, 0.15) is 11.3 Å². The number of aliphatic imine (C=N–C) groups is 1. The van der Waals surface area contributed by atoms with Gasteiger partial charge in [-0.1, -0.05) is 29.8 Å². The van der Waals surface area contributed by atoms with Crippen LogP contribution in [-0.4, -0.2) is 43.8 Å². The average molecular weight is 406 g/mol. The Balaban J connectivity index is 1.22. The molecule has 0 saturated carbocycles. The van der Waals surface area contributed by atoms with Gasteiger partial charge in [0.05, 0.1) is 12.2 Å². The van der Waals surface area contributed by atoms with Gasteiger partial charge < -0.3 is 24.5 Å².